The summed E-state index contributed by atoms with van der Waals surface area (Å²) in [6.07, 6.45) is -0.383. The minimum atomic E-state index is -1.09. The van der Waals surface area contributed by atoms with Gasteiger partial charge in [-0.05, 0) is 23.8 Å². The number of benzene rings is 2. The Morgan fingerprint density at radius 1 is 1.12 bits per heavy atom. The summed E-state index contributed by atoms with van der Waals surface area (Å²) in [4.78, 5) is 39.9. The highest BCUT2D eigenvalue weighted by Crippen LogP contribution is 2.23. The van der Waals surface area contributed by atoms with Crippen LogP contribution in [0.4, 0.5) is 0 Å². The van der Waals surface area contributed by atoms with E-state index >= 15 is 0 Å². The van der Waals surface area contributed by atoms with Gasteiger partial charge in [0.15, 0.2) is 0 Å². The molecule has 0 saturated carbocycles. The molecule has 1 N–H and O–H groups in total. The average molecular weight is 340 g/mol. The molecule has 1 saturated heterocycles. The number of hydrogen-bond acceptors (Lipinski definition) is 3. The number of hydrogen-bond donors (Lipinski definition) is 1. The van der Waals surface area contributed by atoms with Gasteiger partial charge in [0.05, 0.1) is 6.42 Å². The molecule has 1 atom stereocenters. The molecule has 6 nitrogen and oxygen atoms in total. The highest BCUT2D eigenvalue weighted by Gasteiger charge is 2.38. The summed E-state index contributed by atoms with van der Waals surface area (Å²) in [6.45, 7) is 3.10. The van der Waals surface area contributed by atoms with E-state index in [1.165, 1.54) is 4.90 Å². The first-order valence-electron chi connectivity index (χ1n) is 8.32. The van der Waals surface area contributed by atoms with Crippen molar-refractivity contribution in [1.29, 1.82) is 0 Å². The number of aliphatic carboxylic acids is 1. The van der Waals surface area contributed by atoms with Gasteiger partial charge in [0, 0.05) is 25.2 Å². The van der Waals surface area contributed by atoms with Crippen molar-refractivity contribution in [3.05, 3.63) is 48.0 Å². The van der Waals surface area contributed by atoms with Crippen LogP contribution in [0.5, 0.6) is 0 Å². The molecule has 1 aliphatic heterocycles. The normalized spacial score (nSPS) is 17.8. The second-order valence-electron chi connectivity index (χ2n) is 6.06. The van der Waals surface area contributed by atoms with Gasteiger partial charge in [-0.2, -0.15) is 0 Å². The number of rotatable bonds is 4. The molecule has 1 unspecified atom stereocenters. The van der Waals surface area contributed by atoms with Gasteiger partial charge in [-0.1, -0.05) is 36.4 Å². The van der Waals surface area contributed by atoms with Gasteiger partial charge in [-0.25, -0.2) is 0 Å². The number of carbonyl (C=O) groups excluding carboxylic acids is 2. The predicted octanol–water partition coefficient (Wildman–Crippen LogP) is 1.99. The van der Waals surface area contributed by atoms with Crippen LogP contribution < -0.4 is 0 Å². The summed E-state index contributed by atoms with van der Waals surface area (Å²) < 4.78 is 0. The molecule has 130 valence electrons. The number of amides is 2. The minimum absolute atomic E-state index is 0.299. The number of likely N-dealkylation sites (N-methyl/N-ethyl adjacent to an activating group) is 1. The Hall–Kier alpha value is -2.89. The van der Waals surface area contributed by atoms with Crippen molar-refractivity contribution in [3.8, 4) is 0 Å². The lowest BCUT2D eigenvalue weighted by Crippen LogP contribution is -2.59. The Bertz CT molecular complexity index is 828. The zero-order valence-electron chi connectivity index (χ0n) is 14.0. The highest BCUT2D eigenvalue weighted by atomic mass is 16.4. The molecule has 6 heteroatoms. The van der Waals surface area contributed by atoms with Crippen LogP contribution in [0.1, 0.15) is 23.7 Å². The zero-order chi connectivity index (χ0) is 18.0. The van der Waals surface area contributed by atoms with E-state index in [2.05, 4.69) is 0 Å². The molecule has 0 radical (unpaired) electrons. The number of carbonyl (C=O) groups is 3. The third-order valence-corrected chi connectivity index (χ3v) is 4.61. The number of fused-ring (bicyclic) bond motifs is 1. The van der Waals surface area contributed by atoms with Crippen LogP contribution in [0.3, 0.4) is 0 Å². The third kappa shape index (κ3) is 3.20. The van der Waals surface area contributed by atoms with Crippen LogP contribution >= 0.6 is 0 Å². The molecule has 25 heavy (non-hydrogen) atoms. The minimum Gasteiger partial charge on any atom is -0.481 e. The first-order chi connectivity index (χ1) is 12.0. The first kappa shape index (κ1) is 17.0. The Morgan fingerprint density at radius 2 is 1.84 bits per heavy atom. The quantitative estimate of drug-likeness (QED) is 0.923. The van der Waals surface area contributed by atoms with Crippen molar-refractivity contribution in [1.82, 2.24) is 9.80 Å². The monoisotopic (exact) mass is 340 g/mol. The molecule has 2 amide bonds. The van der Waals surface area contributed by atoms with Crippen LogP contribution in [0.2, 0.25) is 0 Å². The molecule has 2 aromatic rings. The molecule has 0 aromatic heterocycles. The largest absolute Gasteiger partial charge is 0.481 e. The van der Waals surface area contributed by atoms with E-state index in [1.807, 2.05) is 37.3 Å². The van der Waals surface area contributed by atoms with Gasteiger partial charge >= 0.3 is 5.97 Å². The molecular weight excluding hydrogens is 320 g/mol. The van der Waals surface area contributed by atoms with Gasteiger partial charge < -0.3 is 14.9 Å². The summed E-state index contributed by atoms with van der Waals surface area (Å²) in [5, 5.41) is 10.9. The SMILES string of the molecule is CCN1CCN(C(=O)c2cccc3ccccc23)C(CC(=O)O)C1=O. The summed E-state index contributed by atoms with van der Waals surface area (Å²) in [7, 11) is 0. The molecule has 1 heterocycles. The standard InChI is InChI=1S/C19H20N2O4/c1-2-20-10-11-21(16(19(20)25)12-17(22)23)18(24)15-9-5-7-13-6-3-4-8-14(13)15/h3-9,16H,2,10-12H2,1H3,(H,22,23). The van der Waals surface area contributed by atoms with Gasteiger partial charge in [-0.15, -0.1) is 0 Å². The zero-order valence-corrected chi connectivity index (χ0v) is 14.0. The predicted molar refractivity (Wildman–Crippen MR) is 93.3 cm³/mol. The van der Waals surface area contributed by atoms with Crippen molar-refractivity contribution in [2.45, 2.75) is 19.4 Å². The molecule has 0 spiro atoms. The van der Waals surface area contributed by atoms with E-state index in [4.69, 9.17) is 0 Å². The molecular formula is C19H20N2O4. The van der Waals surface area contributed by atoms with E-state index < -0.39 is 12.0 Å². The van der Waals surface area contributed by atoms with Crippen LogP contribution in [-0.2, 0) is 9.59 Å². The lowest BCUT2D eigenvalue weighted by molar-refractivity contribution is -0.147. The maximum Gasteiger partial charge on any atom is 0.305 e. The smallest absolute Gasteiger partial charge is 0.305 e. The maximum absolute atomic E-state index is 13.1. The fourth-order valence-electron chi connectivity index (χ4n) is 3.33. The molecule has 3 rings (SSSR count). The Balaban J connectivity index is 1.98. The molecule has 1 aliphatic rings. The Morgan fingerprint density at radius 3 is 2.56 bits per heavy atom. The Labute approximate surface area is 145 Å². The first-order valence-corrected chi connectivity index (χ1v) is 8.32. The van der Waals surface area contributed by atoms with Crippen molar-refractivity contribution >= 4 is 28.6 Å². The van der Waals surface area contributed by atoms with Gasteiger partial charge in [0.1, 0.15) is 6.04 Å². The van der Waals surface area contributed by atoms with Crippen LogP contribution in [0.25, 0.3) is 10.8 Å². The van der Waals surface area contributed by atoms with Crippen LogP contribution in [-0.4, -0.2) is 58.4 Å². The number of nitrogens with zero attached hydrogens (tertiary/aromatic N) is 2. The molecule has 2 aromatic carbocycles. The van der Waals surface area contributed by atoms with E-state index in [9.17, 15) is 19.5 Å². The highest BCUT2D eigenvalue weighted by molar-refractivity contribution is 6.08. The second-order valence-corrected chi connectivity index (χ2v) is 6.06. The van der Waals surface area contributed by atoms with Crippen LogP contribution in [0.15, 0.2) is 42.5 Å². The lowest BCUT2D eigenvalue weighted by Gasteiger charge is -2.39. The van der Waals surface area contributed by atoms with Crippen LogP contribution in [0, 0.1) is 0 Å². The summed E-state index contributed by atoms with van der Waals surface area (Å²) in [5.41, 5.74) is 0.492. The average Bonchev–Trinajstić information content (AvgIpc) is 2.62. The number of carboxylic acids is 1. The van der Waals surface area contributed by atoms with Gasteiger partial charge in [0.25, 0.3) is 5.91 Å². The van der Waals surface area contributed by atoms with Crippen molar-refractivity contribution in [2.24, 2.45) is 0 Å². The van der Waals surface area contributed by atoms with Crippen molar-refractivity contribution in [3.63, 3.8) is 0 Å². The molecule has 0 aliphatic carbocycles. The van der Waals surface area contributed by atoms with E-state index in [0.29, 0.717) is 25.2 Å². The van der Waals surface area contributed by atoms with Crippen molar-refractivity contribution < 1.29 is 19.5 Å². The Kier molecular flexibility index (Phi) is 4.70. The topological polar surface area (TPSA) is 77.9 Å². The summed E-state index contributed by atoms with van der Waals surface area (Å²) in [5.74, 6) is -1.69. The van der Waals surface area contributed by atoms with E-state index in [1.54, 1.807) is 17.0 Å². The third-order valence-electron chi connectivity index (χ3n) is 4.61. The fourth-order valence-corrected chi connectivity index (χ4v) is 3.33. The van der Waals surface area contributed by atoms with Gasteiger partial charge in [-0.3, -0.25) is 14.4 Å². The molecule has 0 bridgehead atoms. The lowest BCUT2D eigenvalue weighted by atomic mass is 10.0. The maximum atomic E-state index is 13.1. The van der Waals surface area contributed by atoms with Crippen molar-refractivity contribution in [2.75, 3.05) is 19.6 Å². The number of carboxylic acid groups (broad SMARTS) is 1. The van der Waals surface area contributed by atoms with E-state index in [0.717, 1.165) is 10.8 Å². The van der Waals surface area contributed by atoms with E-state index in [-0.39, 0.29) is 18.2 Å². The van der Waals surface area contributed by atoms with Gasteiger partial charge in [0.2, 0.25) is 5.91 Å². The molecule has 1 fully saturated rings. The fraction of sp³-hybridized carbons (Fsp3) is 0.316. The summed E-state index contributed by atoms with van der Waals surface area (Å²) in [6, 6.07) is 12.0. The number of piperazine rings is 1. The summed E-state index contributed by atoms with van der Waals surface area (Å²) >= 11 is 0. The second kappa shape index (κ2) is 6.93.